The number of hydrogen-bond acceptors (Lipinski definition) is 3. The third-order valence-electron chi connectivity index (χ3n) is 1.16. The summed E-state index contributed by atoms with van der Waals surface area (Å²) < 4.78 is 0. The zero-order chi connectivity index (χ0) is 9.40. The minimum atomic E-state index is -0.0853. The molecule has 0 spiro atoms. The predicted octanol–water partition coefficient (Wildman–Crippen LogP) is -1.54. The highest BCUT2D eigenvalue weighted by Gasteiger charge is 1.96. The van der Waals surface area contributed by atoms with Crippen molar-refractivity contribution in [2.24, 2.45) is 0 Å². The monoisotopic (exact) mass is 173 g/mol. The lowest BCUT2D eigenvalue weighted by Crippen LogP contribution is -2.37. The van der Waals surface area contributed by atoms with Crippen LogP contribution >= 0.6 is 0 Å². The van der Waals surface area contributed by atoms with Gasteiger partial charge in [0.1, 0.15) is 0 Å². The molecule has 0 saturated heterocycles. The fourth-order valence-corrected chi connectivity index (χ4v) is 0.664. The SMILES string of the molecule is CNCC(=O)NCCNC(C)=O. The number of carbonyl (C=O) groups is 2. The van der Waals surface area contributed by atoms with E-state index in [1.807, 2.05) is 0 Å². The van der Waals surface area contributed by atoms with E-state index in [9.17, 15) is 9.59 Å². The Morgan fingerprint density at radius 1 is 1.17 bits per heavy atom. The van der Waals surface area contributed by atoms with Gasteiger partial charge in [-0.1, -0.05) is 0 Å². The molecule has 0 rings (SSSR count). The van der Waals surface area contributed by atoms with E-state index in [2.05, 4.69) is 16.0 Å². The van der Waals surface area contributed by atoms with Crippen LogP contribution in [0.1, 0.15) is 6.92 Å². The summed E-state index contributed by atoms with van der Waals surface area (Å²) in [6.45, 7) is 2.69. The highest BCUT2D eigenvalue weighted by molar-refractivity contribution is 5.78. The van der Waals surface area contributed by atoms with Crippen LogP contribution in [0.15, 0.2) is 0 Å². The molecule has 0 bridgehead atoms. The van der Waals surface area contributed by atoms with Crippen molar-refractivity contribution in [3.05, 3.63) is 0 Å². The molecule has 5 nitrogen and oxygen atoms in total. The Bertz CT molecular complexity index is 159. The van der Waals surface area contributed by atoms with Crippen molar-refractivity contribution in [2.75, 3.05) is 26.7 Å². The summed E-state index contributed by atoms with van der Waals surface area (Å²) in [5.41, 5.74) is 0. The third-order valence-corrected chi connectivity index (χ3v) is 1.16. The highest BCUT2D eigenvalue weighted by Crippen LogP contribution is 1.63. The summed E-state index contributed by atoms with van der Waals surface area (Å²) in [6, 6.07) is 0. The largest absolute Gasteiger partial charge is 0.355 e. The maximum absolute atomic E-state index is 10.8. The molecule has 0 aromatic carbocycles. The fraction of sp³-hybridized carbons (Fsp3) is 0.714. The zero-order valence-corrected chi connectivity index (χ0v) is 7.44. The van der Waals surface area contributed by atoms with Crippen LogP contribution in [0.2, 0.25) is 0 Å². The molecular weight excluding hydrogens is 158 g/mol. The normalized spacial score (nSPS) is 9.17. The van der Waals surface area contributed by atoms with Crippen molar-refractivity contribution in [2.45, 2.75) is 6.92 Å². The third kappa shape index (κ3) is 7.01. The molecule has 2 amide bonds. The Labute approximate surface area is 71.9 Å². The molecule has 0 unspecified atom stereocenters. The summed E-state index contributed by atoms with van der Waals surface area (Å²) >= 11 is 0. The molecule has 0 heterocycles. The van der Waals surface area contributed by atoms with E-state index in [-0.39, 0.29) is 11.8 Å². The first kappa shape index (κ1) is 10.9. The summed E-state index contributed by atoms with van der Waals surface area (Å²) in [7, 11) is 1.70. The molecule has 70 valence electrons. The van der Waals surface area contributed by atoms with Gasteiger partial charge in [-0.15, -0.1) is 0 Å². The van der Waals surface area contributed by atoms with Crippen LogP contribution in [0.5, 0.6) is 0 Å². The molecule has 0 aromatic rings. The first-order valence-electron chi connectivity index (χ1n) is 3.82. The van der Waals surface area contributed by atoms with Gasteiger partial charge in [0.15, 0.2) is 0 Å². The van der Waals surface area contributed by atoms with Crippen molar-refractivity contribution < 1.29 is 9.59 Å². The van der Waals surface area contributed by atoms with E-state index in [0.29, 0.717) is 19.6 Å². The minimum absolute atomic E-state index is 0.0668. The van der Waals surface area contributed by atoms with Crippen LogP contribution in [-0.4, -0.2) is 38.5 Å². The molecule has 0 aliphatic rings. The second-order valence-corrected chi connectivity index (χ2v) is 2.36. The number of amides is 2. The molecule has 12 heavy (non-hydrogen) atoms. The molecule has 0 aromatic heterocycles. The molecule has 0 fully saturated rings. The summed E-state index contributed by atoms with van der Waals surface area (Å²) in [5, 5.41) is 7.91. The van der Waals surface area contributed by atoms with Gasteiger partial charge in [-0.2, -0.15) is 0 Å². The number of nitrogens with one attached hydrogen (secondary N) is 3. The van der Waals surface area contributed by atoms with Crippen molar-refractivity contribution in [3.8, 4) is 0 Å². The topological polar surface area (TPSA) is 70.2 Å². The molecule has 0 radical (unpaired) electrons. The van der Waals surface area contributed by atoms with Gasteiger partial charge in [0, 0.05) is 20.0 Å². The maximum Gasteiger partial charge on any atom is 0.234 e. The first-order chi connectivity index (χ1) is 5.66. The first-order valence-corrected chi connectivity index (χ1v) is 3.82. The van der Waals surface area contributed by atoms with Gasteiger partial charge in [0.05, 0.1) is 6.54 Å². The lowest BCUT2D eigenvalue weighted by Gasteiger charge is -2.04. The summed E-state index contributed by atoms with van der Waals surface area (Å²) in [4.78, 5) is 21.2. The maximum atomic E-state index is 10.8. The van der Waals surface area contributed by atoms with Crippen molar-refractivity contribution >= 4 is 11.8 Å². The Hall–Kier alpha value is -1.10. The minimum Gasteiger partial charge on any atom is -0.355 e. The van der Waals surface area contributed by atoms with Crippen LogP contribution in [-0.2, 0) is 9.59 Å². The van der Waals surface area contributed by atoms with Gasteiger partial charge in [0.25, 0.3) is 0 Å². The standard InChI is InChI=1S/C7H15N3O2/c1-6(11)9-3-4-10-7(12)5-8-2/h8H,3-5H2,1-2H3,(H,9,11)(H,10,12). The lowest BCUT2D eigenvalue weighted by molar-refractivity contribution is -0.121. The van der Waals surface area contributed by atoms with Crippen molar-refractivity contribution in [1.29, 1.82) is 0 Å². The van der Waals surface area contributed by atoms with Gasteiger partial charge in [-0.3, -0.25) is 9.59 Å². The smallest absolute Gasteiger partial charge is 0.234 e. The van der Waals surface area contributed by atoms with Gasteiger partial charge >= 0.3 is 0 Å². The van der Waals surface area contributed by atoms with Crippen LogP contribution in [0.25, 0.3) is 0 Å². The lowest BCUT2D eigenvalue weighted by atomic mass is 10.5. The Morgan fingerprint density at radius 2 is 1.75 bits per heavy atom. The van der Waals surface area contributed by atoms with Crippen LogP contribution in [0.3, 0.4) is 0 Å². The molecular formula is C7H15N3O2. The van der Waals surface area contributed by atoms with Gasteiger partial charge < -0.3 is 16.0 Å². The second-order valence-electron chi connectivity index (χ2n) is 2.36. The van der Waals surface area contributed by atoms with E-state index in [4.69, 9.17) is 0 Å². The molecule has 3 N–H and O–H groups in total. The van der Waals surface area contributed by atoms with Crippen molar-refractivity contribution in [1.82, 2.24) is 16.0 Å². The molecule has 0 aliphatic carbocycles. The average molecular weight is 173 g/mol. The Kier molecular flexibility index (Phi) is 6.00. The van der Waals surface area contributed by atoms with Crippen molar-refractivity contribution in [3.63, 3.8) is 0 Å². The molecule has 0 atom stereocenters. The number of rotatable bonds is 5. The Morgan fingerprint density at radius 3 is 2.25 bits per heavy atom. The summed E-state index contributed by atoms with van der Waals surface area (Å²) in [6.07, 6.45) is 0. The average Bonchev–Trinajstić information content (AvgIpc) is 1.98. The Balaban J connectivity index is 3.19. The second kappa shape index (κ2) is 6.60. The van der Waals surface area contributed by atoms with Crippen LogP contribution in [0, 0.1) is 0 Å². The van der Waals surface area contributed by atoms with E-state index < -0.39 is 0 Å². The van der Waals surface area contributed by atoms with Crippen LogP contribution < -0.4 is 16.0 Å². The zero-order valence-electron chi connectivity index (χ0n) is 7.44. The summed E-state index contributed by atoms with van der Waals surface area (Å²) in [5.74, 6) is -0.152. The van der Waals surface area contributed by atoms with Crippen LogP contribution in [0.4, 0.5) is 0 Å². The number of carbonyl (C=O) groups excluding carboxylic acids is 2. The highest BCUT2D eigenvalue weighted by atomic mass is 16.2. The molecule has 0 aliphatic heterocycles. The van der Waals surface area contributed by atoms with E-state index in [0.717, 1.165) is 0 Å². The van der Waals surface area contributed by atoms with E-state index in [1.54, 1.807) is 7.05 Å². The van der Waals surface area contributed by atoms with Gasteiger partial charge in [-0.05, 0) is 7.05 Å². The molecule has 0 saturated carbocycles. The van der Waals surface area contributed by atoms with E-state index in [1.165, 1.54) is 6.92 Å². The molecule has 5 heteroatoms. The van der Waals surface area contributed by atoms with E-state index >= 15 is 0 Å². The van der Waals surface area contributed by atoms with Gasteiger partial charge in [-0.25, -0.2) is 0 Å². The quantitative estimate of drug-likeness (QED) is 0.441. The predicted molar refractivity (Wildman–Crippen MR) is 45.6 cm³/mol. The number of likely N-dealkylation sites (N-methyl/N-ethyl adjacent to an activating group) is 1. The number of hydrogen-bond donors (Lipinski definition) is 3. The van der Waals surface area contributed by atoms with Gasteiger partial charge in [0.2, 0.25) is 11.8 Å². The fourth-order valence-electron chi connectivity index (χ4n) is 0.664.